The summed E-state index contributed by atoms with van der Waals surface area (Å²) in [5.74, 6) is 0.828. The number of pyridine rings is 1. The van der Waals surface area contributed by atoms with Gasteiger partial charge in [0, 0.05) is 15.7 Å². The molecule has 0 radical (unpaired) electrons. The molecule has 0 unspecified atom stereocenters. The third-order valence-electron chi connectivity index (χ3n) is 3.76. The lowest BCUT2D eigenvalue weighted by Gasteiger charge is -2.04. The van der Waals surface area contributed by atoms with Gasteiger partial charge in [0.25, 0.3) is 0 Å². The highest BCUT2D eigenvalue weighted by Crippen LogP contribution is 2.29. The van der Waals surface area contributed by atoms with Crippen LogP contribution in [0.2, 0.25) is 5.02 Å². The fourth-order valence-electron chi connectivity index (χ4n) is 2.52. The Bertz CT molecular complexity index is 1050. The molecule has 138 valence electrons. The number of thioether (sulfide) groups is 1. The molecule has 0 aliphatic rings. The molecular formula is C21H19ClFN3S. The number of H-pyrrole nitrogens is 1. The zero-order valence-corrected chi connectivity index (χ0v) is 16.6. The summed E-state index contributed by atoms with van der Waals surface area (Å²) in [5, 5.41) is 0.775. The van der Waals surface area contributed by atoms with Crippen LogP contribution in [0.3, 0.4) is 0 Å². The summed E-state index contributed by atoms with van der Waals surface area (Å²) >= 11 is 7.90. The van der Waals surface area contributed by atoms with E-state index in [0.717, 1.165) is 32.3 Å². The van der Waals surface area contributed by atoms with Crippen molar-refractivity contribution in [1.29, 1.82) is 0 Å². The highest BCUT2D eigenvalue weighted by atomic mass is 35.5. The second-order valence-electron chi connectivity index (χ2n) is 5.49. The van der Waals surface area contributed by atoms with Crippen molar-refractivity contribution in [3.63, 3.8) is 0 Å². The monoisotopic (exact) mass is 399 g/mol. The molecule has 0 aliphatic carbocycles. The molecule has 6 heteroatoms. The zero-order chi connectivity index (χ0) is 19.2. The minimum Gasteiger partial charge on any atom is -0.337 e. The van der Waals surface area contributed by atoms with E-state index in [0.29, 0.717) is 11.5 Å². The number of hydrogen-bond donors (Lipinski definition) is 1. The quantitative estimate of drug-likeness (QED) is 0.305. The van der Waals surface area contributed by atoms with Gasteiger partial charge >= 0.3 is 0 Å². The van der Waals surface area contributed by atoms with Crippen LogP contribution in [-0.2, 0) is 5.75 Å². The van der Waals surface area contributed by atoms with Crippen LogP contribution in [0.4, 0.5) is 4.39 Å². The van der Waals surface area contributed by atoms with Crippen molar-refractivity contribution in [3.05, 3.63) is 77.2 Å². The second kappa shape index (κ2) is 9.02. The number of halogens is 2. The number of nitrogens with zero attached hydrogens (tertiary/aromatic N) is 2. The molecule has 27 heavy (non-hydrogen) atoms. The Morgan fingerprint density at radius 3 is 2.59 bits per heavy atom. The lowest BCUT2D eigenvalue weighted by molar-refractivity contribution is 0.585. The Labute approximate surface area is 167 Å². The van der Waals surface area contributed by atoms with Crippen LogP contribution in [0.15, 0.2) is 65.6 Å². The summed E-state index contributed by atoms with van der Waals surface area (Å²) in [6.45, 7) is 4.00. The van der Waals surface area contributed by atoms with E-state index in [1.54, 1.807) is 23.9 Å². The van der Waals surface area contributed by atoms with E-state index in [2.05, 4.69) is 15.0 Å². The van der Waals surface area contributed by atoms with Gasteiger partial charge in [0.1, 0.15) is 5.69 Å². The summed E-state index contributed by atoms with van der Waals surface area (Å²) in [6.07, 6.45) is 0. The summed E-state index contributed by atoms with van der Waals surface area (Å²) in [4.78, 5) is 12.7. The Balaban J connectivity index is 0.00000102. The number of fused-ring (bicyclic) bond motifs is 1. The molecule has 2 heterocycles. The first-order valence-corrected chi connectivity index (χ1v) is 10.0. The molecule has 2 aromatic heterocycles. The van der Waals surface area contributed by atoms with Gasteiger partial charge in [-0.15, -0.1) is 11.8 Å². The molecule has 0 atom stereocenters. The Morgan fingerprint density at radius 1 is 1.00 bits per heavy atom. The van der Waals surface area contributed by atoms with Gasteiger partial charge in [-0.05, 0) is 42.0 Å². The highest BCUT2D eigenvalue weighted by Gasteiger charge is 2.08. The van der Waals surface area contributed by atoms with Gasteiger partial charge in [-0.1, -0.05) is 49.7 Å². The number of hydrogen-bond acceptors (Lipinski definition) is 3. The smallest absolute Gasteiger partial charge is 0.213 e. The number of benzene rings is 2. The van der Waals surface area contributed by atoms with Crippen molar-refractivity contribution in [3.8, 4) is 11.5 Å². The molecular weight excluding hydrogens is 381 g/mol. The molecule has 0 saturated heterocycles. The minimum atomic E-state index is -0.519. The molecule has 3 nitrogen and oxygen atoms in total. The molecule has 4 rings (SSSR count). The van der Waals surface area contributed by atoms with Crippen LogP contribution >= 0.6 is 23.4 Å². The van der Waals surface area contributed by atoms with Crippen molar-refractivity contribution in [2.45, 2.75) is 24.5 Å². The molecule has 4 aromatic rings. The maximum atomic E-state index is 13.3. The van der Waals surface area contributed by atoms with Crippen molar-refractivity contribution in [2.24, 2.45) is 0 Å². The summed E-state index contributed by atoms with van der Waals surface area (Å²) in [6, 6.07) is 18.5. The Kier molecular flexibility index (Phi) is 6.48. The van der Waals surface area contributed by atoms with E-state index in [1.165, 1.54) is 6.07 Å². The number of nitrogens with one attached hydrogen (secondary N) is 1. The van der Waals surface area contributed by atoms with Gasteiger partial charge in [-0.25, -0.2) is 9.97 Å². The number of rotatable bonds is 4. The first kappa shape index (κ1) is 19.4. The number of aromatic amines is 1. The molecule has 0 aliphatic heterocycles. The van der Waals surface area contributed by atoms with Gasteiger partial charge in [0.05, 0.1) is 11.0 Å². The van der Waals surface area contributed by atoms with Crippen LogP contribution < -0.4 is 0 Å². The highest BCUT2D eigenvalue weighted by molar-refractivity contribution is 7.98. The second-order valence-corrected chi connectivity index (χ2v) is 6.95. The van der Waals surface area contributed by atoms with E-state index in [1.807, 2.05) is 56.3 Å². The topological polar surface area (TPSA) is 41.6 Å². The standard InChI is InChI=1S/C19H13ClFN3S.C2H6/c20-14-5-2-1-4-12(14)11-25-13-8-9-15-17(10-13)24-19(23-15)16-6-3-7-18(21)22-16;1-2/h1-10H,11H2,(H,23,24);1-2H3. The zero-order valence-electron chi connectivity index (χ0n) is 15.0. The van der Waals surface area contributed by atoms with Crippen LogP contribution in [0, 0.1) is 5.95 Å². The van der Waals surface area contributed by atoms with Gasteiger partial charge in [-0.3, -0.25) is 0 Å². The lowest BCUT2D eigenvalue weighted by Crippen LogP contribution is -1.88. The predicted octanol–water partition coefficient (Wildman–Crippen LogP) is 6.74. The van der Waals surface area contributed by atoms with E-state index in [-0.39, 0.29) is 0 Å². The van der Waals surface area contributed by atoms with Gasteiger partial charge in [-0.2, -0.15) is 4.39 Å². The van der Waals surface area contributed by atoms with Gasteiger partial charge < -0.3 is 4.98 Å². The SMILES string of the molecule is CC.Fc1cccc(-c2nc3ccc(SCc4ccccc4Cl)cc3[nH]2)n1. The predicted molar refractivity (Wildman–Crippen MR) is 112 cm³/mol. The van der Waals surface area contributed by atoms with Crippen molar-refractivity contribution >= 4 is 34.4 Å². The van der Waals surface area contributed by atoms with Crippen molar-refractivity contribution in [2.75, 3.05) is 0 Å². The first-order chi connectivity index (χ1) is 13.2. The maximum absolute atomic E-state index is 13.3. The van der Waals surface area contributed by atoms with E-state index < -0.39 is 5.95 Å². The third kappa shape index (κ3) is 4.67. The molecule has 0 spiro atoms. The normalized spacial score (nSPS) is 10.5. The summed E-state index contributed by atoms with van der Waals surface area (Å²) < 4.78 is 13.3. The molecule has 0 amide bonds. The third-order valence-corrected chi connectivity index (χ3v) is 5.17. The van der Waals surface area contributed by atoms with E-state index in [4.69, 9.17) is 11.6 Å². The van der Waals surface area contributed by atoms with Crippen LogP contribution in [0.5, 0.6) is 0 Å². The van der Waals surface area contributed by atoms with E-state index in [9.17, 15) is 4.39 Å². The number of aromatic nitrogens is 3. The Hall–Kier alpha value is -2.37. The van der Waals surface area contributed by atoms with Crippen molar-refractivity contribution in [1.82, 2.24) is 15.0 Å². The fourth-order valence-corrected chi connectivity index (χ4v) is 3.74. The van der Waals surface area contributed by atoms with E-state index >= 15 is 0 Å². The van der Waals surface area contributed by atoms with Crippen molar-refractivity contribution < 1.29 is 4.39 Å². The van der Waals surface area contributed by atoms with Crippen LogP contribution in [-0.4, -0.2) is 15.0 Å². The number of imidazole rings is 1. The minimum absolute atomic E-state index is 0.487. The lowest BCUT2D eigenvalue weighted by atomic mass is 10.2. The molecule has 0 fully saturated rings. The first-order valence-electron chi connectivity index (χ1n) is 8.68. The van der Waals surface area contributed by atoms with Crippen LogP contribution in [0.25, 0.3) is 22.6 Å². The summed E-state index contributed by atoms with van der Waals surface area (Å²) in [5.41, 5.74) is 3.30. The average molecular weight is 400 g/mol. The van der Waals surface area contributed by atoms with Gasteiger partial charge in [0.15, 0.2) is 5.82 Å². The van der Waals surface area contributed by atoms with Crippen LogP contribution in [0.1, 0.15) is 19.4 Å². The van der Waals surface area contributed by atoms with Gasteiger partial charge in [0.2, 0.25) is 5.95 Å². The average Bonchev–Trinajstić information content (AvgIpc) is 3.12. The molecule has 0 saturated carbocycles. The fraction of sp³-hybridized carbons (Fsp3) is 0.143. The maximum Gasteiger partial charge on any atom is 0.213 e. The molecule has 0 bridgehead atoms. The molecule has 1 N–H and O–H groups in total. The summed E-state index contributed by atoms with van der Waals surface area (Å²) in [7, 11) is 0. The largest absolute Gasteiger partial charge is 0.337 e. The Morgan fingerprint density at radius 2 is 1.81 bits per heavy atom. The molecule has 2 aromatic carbocycles.